The normalized spacial score (nSPS) is 11.6. The van der Waals surface area contributed by atoms with Gasteiger partial charge in [-0.25, -0.2) is 0 Å². The standard InChI is InChI=1S/C10H13NO3.ClH/c11-6-9(12)8-3-1-7(2-4-8)5-10(13)14;/h1-4,9,12H,5-6,11H2,(H,13,14);1H. The number of carbonyl (C=O) groups is 1. The highest BCUT2D eigenvalue weighted by Crippen LogP contribution is 2.12. The van der Waals surface area contributed by atoms with Crippen molar-refractivity contribution >= 4 is 18.4 Å². The van der Waals surface area contributed by atoms with E-state index in [9.17, 15) is 9.90 Å². The van der Waals surface area contributed by atoms with Gasteiger partial charge < -0.3 is 15.9 Å². The maximum Gasteiger partial charge on any atom is 0.307 e. The number of benzene rings is 1. The first-order valence-electron chi connectivity index (χ1n) is 4.32. The molecule has 0 amide bonds. The van der Waals surface area contributed by atoms with Gasteiger partial charge in [-0.15, -0.1) is 12.4 Å². The average molecular weight is 232 g/mol. The molecule has 5 heteroatoms. The lowest BCUT2D eigenvalue weighted by molar-refractivity contribution is -0.136. The molecule has 84 valence electrons. The van der Waals surface area contributed by atoms with Crippen LogP contribution in [0.1, 0.15) is 17.2 Å². The van der Waals surface area contributed by atoms with Crippen LogP contribution in [0.4, 0.5) is 0 Å². The zero-order chi connectivity index (χ0) is 10.6. The van der Waals surface area contributed by atoms with Crippen LogP contribution in [0.3, 0.4) is 0 Å². The third-order valence-electron chi connectivity index (χ3n) is 1.94. The fraction of sp³-hybridized carbons (Fsp3) is 0.300. The molecule has 0 radical (unpaired) electrons. The lowest BCUT2D eigenvalue weighted by Crippen LogP contribution is -2.11. The topological polar surface area (TPSA) is 83.5 Å². The summed E-state index contributed by atoms with van der Waals surface area (Å²) in [6.45, 7) is 0.165. The van der Waals surface area contributed by atoms with Crippen LogP contribution in [-0.2, 0) is 11.2 Å². The lowest BCUT2D eigenvalue weighted by Gasteiger charge is -2.07. The monoisotopic (exact) mass is 231 g/mol. The molecule has 1 rings (SSSR count). The van der Waals surface area contributed by atoms with Crippen LogP contribution < -0.4 is 5.73 Å². The molecule has 1 atom stereocenters. The van der Waals surface area contributed by atoms with E-state index >= 15 is 0 Å². The Bertz CT molecular complexity index is 313. The van der Waals surface area contributed by atoms with Crippen LogP contribution in [0, 0.1) is 0 Å². The number of halogens is 1. The summed E-state index contributed by atoms with van der Waals surface area (Å²) >= 11 is 0. The van der Waals surface area contributed by atoms with Crippen LogP contribution in [0.25, 0.3) is 0 Å². The van der Waals surface area contributed by atoms with Crippen LogP contribution in [0.5, 0.6) is 0 Å². The molecule has 0 aliphatic carbocycles. The van der Waals surface area contributed by atoms with E-state index in [1.165, 1.54) is 0 Å². The van der Waals surface area contributed by atoms with Crippen LogP contribution in [0.15, 0.2) is 24.3 Å². The van der Waals surface area contributed by atoms with Gasteiger partial charge >= 0.3 is 5.97 Å². The van der Waals surface area contributed by atoms with Crippen molar-refractivity contribution in [2.45, 2.75) is 12.5 Å². The van der Waals surface area contributed by atoms with Crippen molar-refractivity contribution in [2.75, 3.05) is 6.54 Å². The number of rotatable bonds is 4. The summed E-state index contributed by atoms with van der Waals surface area (Å²) in [6, 6.07) is 6.75. The predicted octanol–water partition coefficient (Wildman–Crippen LogP) is 0.728. The lowest BCUT2D eigenvalue weighted by atomic mass is 10.1. The molecule has 0 bridgehead atoms. The van der Waals surface area contributed by atoms with E-state index in [0.717, 1.165) is 0 Å². The van der Waals surface area contributed by atoms with E-state index in [-0.39, 0.29) is 25.4 Å². The number of nitrogens with two attached hydrogens (primary N) is 1. The third kappa shape index (κ3) is 4.29. The van der Waals surface area contributed by atoms with Gasteiger partial charge in [-0.2, -0.15) is 0 Å². The van der Waals surface area contributed by atoms with E-state index in [1.807, 2.05) is 0 Å². The number of hydrogen-bond donors (Lipinski definition) is 3. The summed E-state index contributed by atoms with van der Waals surface area (Å²) in [5.41, 5.74) is 6.70. The first-order valence-corrected chi connectivity index (χ1v) is 4.32. The highest BCUT2D eigenvalue weighted by atomic mass is 35.5. The SMILES string of the molecule is Cl.NCC(O)c1ccc(CC(=O)O)cc1. The molecule has 0 aliphatic rings. The molecule has 1 unspecified atom stereocenters. The predicted molar refractivity (Wildman–Crippen MR) is 59.0 cm³/mol. The second-order valence-corrected chi connectivity index (χ2v) is 3.06. The minimum atomic E-state index is -0.864. The van der Waals surface area contributed by atoms with Gasteiger partial charge in [0.2, 0.25) is 0 Å². The third-order valence-corrected chi connectivity index (χ3v) is 1.94. The van der Waals surface area contributed by atoms with Crippen molar-refractivity contribution in [1.29, 1.82) is 0 Å². The molecule has 4 N–H and O–H groups in total. The Kier molecular flexibility index (Phi) is 5.93. The number of hydrogen-bond acceptors (Lipinski definition) is 3. The highest BCUT2D eigenvalue weighted by molar-refractivity contribution is 5.85. The summed E-state index contributed by atoms with van der Waals surface area (Å²) in [6.07, 6.45) is -0.673. The second-order valence-electron chi connectivity index (χ2n) is 3.06. The summed E-state index contributed by atoms with van der Waals surface area (Å²) in [7, 11) is 0. The van der Waals surface area contributed by atoms with E-state index in [0.29, 0.717) is 11.1 Å². The molecule has 1 aromatic rings. The molecular formula is C10H14ClNO3. The zero-order valence-electron chi connectivity index (χ0n) is 8.09. The molecule has 0 spiro atoms. The van der Waals surface area contributed by atoms with Crippen LogP contribution in [0.2, 0.25) is 0 Å². The quantitative estimate of drug-likeness (QED) is 0.713. The number of aliphatic carboxylic acids is 1. The molecule has 15 heavy (non-hydrogen) atoms. The number of aliphatic hydroxyl groups is 1. The number of carboxylic acids is 1. The van der Waals surface area contributed by atoms with Gasteiger partial charge in [0.25, 0.3) is 0 Å². The molecule has 4 nitrogen and oxygen atoms in total. The van der Waals surface area contributed by atoms with Gasteiger partial charge in [-0.05, 0) is 11.1 Å². The van der Waals surface area contributed by atoms with Gasteiger partial charge in [-0.1, -0.05) is 24.3 Å². The van der Waals surface area contributed by atoms with Crippen molar-refractivity contribution in [2.24, 2.45) is 5.73 Å². The number of carboxylic acid groups (broad SMARTS) is 1. The van der Waals surface area contributed by atoms with Gasteiger partial charge in [0.05, 0.1) is 12.5 Å². The van der Waals surface area contributed by atoms with Gasteiger partial charge in [0.1, 0.15) is 0 Å². The molecule has 1 aromatic carbocycles. The Balaban J connectivity index is 0.00000196. The molecule has 0 fully saturated rings. The van der Waals surface area contributed by atoms with Gasteiger partial charge in [0, 0.05) is 6.54 Å². The smallest absolute Gasteiger partial charge is 0.307 e. The second kappa shape index (κ2) is 6.40. The summed E-state index contributed by atoms with van der Waals surface area (Å²) in [4.78, 5) is 10.4. The molecular weight excluding hydrogens is 218 g/mol. The number of aliphatic hydroxyl groups excluding tert-OH is 1. The highest BCUT2D eigenvalue weighted by Gasteiger charge is 2.05. The van der Waals surface area contributed by atoms with Crippen LogP contribution >= 0.6 is 12.4 Å². The van der Waals surface area contributed by atoms with E-state index in [1.54, 1.807) is 24.3 Å². The Morgan fingerprint density at radius 2 is 1.87 bits per heavy atom. The molecule has 0 aromatic heterocycles. The molecule has 0 saturated heterocycles. The first-order chi connectivity index (χ1) is 6.63. The molecule has 0 heterocycles. The van der Waals surface area contributed by atoms with Crippen molar-refractivity contribution < 1.29 is 15.0 Å². The van der Waals surface area contributed by atoms with Crippen LogP contribution in [-0.4, -0.2) is 22.7 Å². The average Bonchev–Trinajstić information content (AvgIpc) is 2.17. The van der Waals surface area contributed by atoms with Crippen molar-refractivity contribution in [1.82, 2.24) is 0 Å². The largest absolute Gasteiger partial charge is 0.481 e. The fourth-order valence-electron chi connectivity index (χ4n) is 1.17. The van der Waals surface area contributed by atoms with E-state index < -0.39 is 12.1 Å². The zero-order valence-corrected chi connectivity index (χ0v) is 8.91. The Labute approximate surface area is 94.1 Å². The van der Waals surface area contributed by atoms with Gasteiger partial charge in [0.15, 0.2) is 0 Å². The maximum absolute atomic E-state index is 10.4. The van der Waals surface area contributed by atoms with E-state index in [2.05, 4.69) is 0 Å². The van der Waals surface area contributed by atoms with Crippen molar-refractivity contribution in [3.63, 3.8) is 0 Å². The summed E-state index contributed by atoms with van der Waals surface area (Å²) < 4.78 is 0. The fourth-order valence-corrected chi connectivity index (χ4v) is 1.17. The van der Waals surface area contributed by atoms with Crippen molar-refractivity contribution in [3.8, 4) is 0 Å². The summed E-state index contributed by atoms with van der Waals surface area (Å²) in [5, 5.41) is 17.9. The minimum Gasteiger partial charge on any atom is -0.481 e. The molecule has 0 saturated carbocycles. The summed E-state index contributed by atoms with van der Waals surface area (Å²) in [5.74, 6) is -0.864. The Morgan fingerprint density at radius 1 is 1.33 bits per heavy atom. The van der Waals surface area contributed by atoms with Crippen molar-refractivity contribution in [3.05, 3.63) is 35.4 Å². The first kappa shape index (κ1) is 13.9. The minimum absolute atomic E-state index is 0. The Morgan fingerprint density at radius 3 is 2.27 bits per heavy atom. The Hall–Kier alpha value is -1.10. The van der Waals surface area contributed by atoms with Gasteiger partial charge in [-0.3, -0.25) is 4.79 Å². The van der Waals surface area contributed by atoms with E-state index in [4.69, 9.17) is 10.8 Å². The maximum atomic E-state index is 10.4. The molecule has 0 aliphatic heterocycles.